The Morgan fingerprint density at radius 2 is 2.11 bits per heavy atom. The third-order valence-corrected chi connectivity index (χ3v) is 4.35. The molecule has 1 unspecified atom stereocenters. The van der Waals surface area contributed by atoms with E-state index in [2.05, 4.69) is 41.8 Å². The number of hydrogen-bond acceptors (Lipinski definition) is 2. The maximum atomic E-state index is 12.1. The Bertz CT molecular complexity index is 455. The molecular formula is C15H22INO2. The summed E-state index contributed by atoms with van der Waals surface area (Å²) in [5, 5.41) is 13.0. The standard InChI is InChI=1S/C15H22INO2/c1-10(2)8-15(4,19)9-17-14(18)12-7-5-6-11(3)13(12)16/h5-7,10,19H,8-9H2,1-4H3,(H,17,18). The number of nitrogens with one attached hydrogen (secondary N) is 1. The van der Waals surface area contributed by atoms with E-state index in [1.54, 1.807) is 13.0 Å². The van der Waals surface area contributed by atoms with Crippen molar-refractivity contribution in [2.45, 2.75) is 39.7 Å². The van der Waals surface area contributed by atoms with E-state index >= 15 is 0 Å². The minimum absolute atomic E-state index is 0.128. The molecule has 0 aliphatic rings. The van der Waals surface area contributed by atoms with Crippen molar-refractivity contribution in [3.63, 3.8) is 0 Å². The number of hydrogen-bond donors (Lipinski definition) is 2. The highest BCUT2D eigenvalue weighted by Gasteiger charge is 2.23. The molecule has 1 aromatic carbocycles. The number of aryl methyl sites for hydroxylation is 1. The fourth-order valence-electron chi connectivity index (χ4n) is 2.14. The molecule has 0 aliphatic carbocycles. The highest BCUT2D eigenvalue weighted by atomic mass is 127. The average Bonchev–Trinajstić information content (AvgIpc) is 2.28. The van der Waals surface area contributed by atoms with Gasteiger partial charge in [-0.05, 0) is 60.4 Å². The van der Waals surface area contributed by atoms with Crippen LogP contribution >= 0.6 is 22.6 Å². The molecule has 19 heavy (non-hydrogen) atoms. The third-order valence-electron chi connectivity index (χ3n) is 2.91. The van der Waals surface area contributed by atoms with Gasteiger partial charge in [0, 0.05) is 10.1 Å². The molecule has 0 saturated carbocycles. The Hall–Kier alpha value is -0.620. The van der Waals surface area contributed by atoms with Crippen molar-refractivity contribution in [1.29, 1.82) is 0 Å². The molecule has 0 saturated heterocycles. The van der Waals surface area contributed by atoms with Gasteiger partial charge in [0.15, 0.2) is 0 Å². The third kappa shape index (κ3) is 5.10. The average molecular weight is 375 g/mol. The van der Waals surface area contributed by atoms with Gasteiger partial charge in [-0.25, -0.2) is 0 Å². The van der Waals surface area contributed by atoms with E-state index in [0.29, 0.717) is 17.9 Å². The summed E-state index contributed by atoms with van der Waals surface area (Å²) in [4.78, 5) is 12.1. The van der Waals surface area contributed by atoms with Crippen molar-refractivity contribution >= 4 is 28.5 Å². The number of halogens is 1. The molecule has 106 valence electrons. The van der Waals surface area contributed by atoms with Crippen molar-refractivity contribution in [2.24, 2.45) is 5.92 Å². The van der Waals surface area contributed by atoms with Gasteiger partial charge in [0.05, 0.1) is 11.2 Å². The normalized spacial score (nSPS) is 14.3. The van der Waals surface area contributed by atoms with E-state index in [-0.39, 0.29) is 12.5 Å². The fourth-order valence-corrected chi connectivity index (χ4v) is 2.74. The maximum absolute atomic E-state index is 12.1. The smallest absolute Gasteiger partial charge is 0.252 e. The number of benzene rings is 1. The first kappa shape index (κ1) is 16.4. The van der Waals surface area contributed by atoms with E-state index in [9.17, 15) is 9.90 Å². The second-order valence-corrected chi connectivity index (χ2v) is 6.79. The zero-order valence-electron chi connectivity index (χ0n) is 12.0. The highest BCUT2D eigenvalue weighted by molar-refractivity contribution is 14.1. The molecule has 0 fully saturated rings. The van der Waals surface area contributed by atoms with Crippen molar-refractivity contribution in [3.05, 3.63) is 32.9 Å². The molecule has 3 nitrogen and oxygen atoms in total. The van der Waals surface area contributed by atoms with Gasteiger partial charge in [0.2, 0.25) is 0 Å². The van der Waals surface area contributed by atoms with Crippen LogP contribution in [0.2, 0.25) is 0 Å². The Balaban J connectivity index is 2.68. The summed E-state index contributed by atoms with van der Waals surface area (Å²) in [6, 6.07) is 5.66. The Morgan fingerprint density at radius 1 is 1.47 bits per heavy atom. The molecule has 1 atom stereocenters. The van der Waals surface area contributed by atoms with Gasteiger partial charge in [-0.2, -0.15) is 0 Å². The molecular weight excluding hydrogens is 353 g/mol. The summed E-state index contributed by atoms with van der Waals surface area (Å²) in [5.74, 6) is 0.267. The molecule has 0 radical (unpaired) electrons. The summed E-state index contributed by atoms with van der Waals surface area (Å²) >= 11 is 2.18. The molecule has 4 heteroatoms. The van der Waals surface area contributed by atoms with Crippen LogP contribution in [0.4, 0.5) is 0 Å². The van der Waals surface area contributed by atoms with Crippen LogP contribution in [-0.2, 0) is 0 Å². The van der Waals surface area contributed by atoms with Crippen LogP contribution in [0, 0.1) is 16.4 Å². The summed E-state index contributed by atoms with van der Waals surface area (Å²) in [6.45, 7) is 8.12. The lowest BCUT2D eigenvalue weighted by atomic mass is 9.94. The Kier molecular flexibility index (Phi) is 5.80. The SMILES string of the molecule is Cc1cccc(C(=O)NCC(C)(O)CC(C)C)c1I. The molecule has 0 heterocycles. The van der Waals surface area contributed by atoms with Crippen LogP contribution in [0.3, 0.4) is 0 Å². The minimum atomic E-state index is -0.862. The van der Waals surface area contributed by atoms with Crippen molar-refractivity contribution < 1.29 is 9.90 Å². The van der Waals surface area contributed by atoms with E-state index in [0.717, 1.165) is 9.13 Å². The summed E-state index contributed by atoms with van der Waals surface area (Å²) in [5.41, 5.74) is 0.891. The lowest BCUT2D eigenvalue weighted by molar-refractivity contribution is 0.0368. The van der Waals surface area contributed by atoms with E-state index in [4.69, 9.17) is 0 Å². The monoisotopic (exact) mass is 375 g/mol. The van der Waals surface area contributed by atoms with Gasteiger partial charge in [-0.3, -0.25) is 4.79 Å². The molecule has 0 aromatic heterocycles. The maximum Gasteiger partial charge on any atom is 0.252 e. The van der Waals surface area contributed by atoms with Crippen LogP contribution in [0.5, 0.6) is 0 Å². The first-order chi connectivity index (χ1) is 8.73. The summed E-state index contributed by atoms with van der Waals surface area (Å²) in [6.07, 6.45) is 0.665. The Labute approximate surface area is 128 Å². The lowest BCUT2D eigenvalue weighted by Gasteiger charge is -2.25. The second kappa shape index (κ2) is 6.70. The zero-order valence-corrected chi connectivity index (χ0v) is 14.1. The fraction of sp³-hybridized carbons (Fsp3) is 0.533. The predicted octanol–water partition coefficient (Wildman–Crippen LogP) is 3.13. The predicted molar refractivity (Wildman–Crippen MR) is 86.3 cm³/mol. The molecule has 0 aliphatic heterocycles. The first-order valence-corrected chi connectivity index (χ1v) is 7.56. The van der Waals surface area contributed by atoms with Crippen LogP contribution in [0.15, 0.2) is 18.2 Å². The molecule has 1 rings (SSSR count). The number of rotatable bonds is 5. The first-order valence-electron chi connectivity index (χ1n) is 6.48. The molecule has 2 N–H and O–H groups in total. The van der Waals surface area contributed by atoms with Gasteiger partial charge < -0.3 is 10.4 Å². The van der Waals surface area contributed by atoms with Crippen molar-refractivity contribution in [3.8, 4) is 0 Å². The van der Waals surface area contributed by atoms with Gasteiger partial charge in [0.25, 0.3) is 5.91 Å². The minimum Gasteiger partial charge on any atom is -0.388 e. The van der Waals surface area contributed by atoms with Crippen LogP contribution < -0.4 is 5.32 Å². The second-order valence-electron chi connectivity index (χ2n) is 5.71. The van der Waals surface area contributed by atoms with Gasteiger partial charge >= 0.3 is 0 Å². The van der Waals surface area contributed by atoms with E-state index in [1.165, 1.54) is 0 Å². The lowest BCUT2D eigenvalue weighted by Crippen LogP contribution is -2.41. The topological polar surface area (TPSA) is 49.3 Å². The number of carbonyl (C=O) groups excluding carboxylic acids is 1. The van der Waals surface area contributed by atoms with Crippen molar-refractivity contribution in [1.82, 2.24) is 5.32 Å². The molecule has 0 bridgehead atoms. The quantitative estimate of drug-likeness (QED) is 0.777. The summed E-state index contributed by atoms with van der Waals surface area (Å²) in [7, 11) is 0. The summed E-state index contributed by atoms with van der Waals surface area (Å²) < 4.78 is 0.959. The van der Waals surface area contributed by atoms with Crippen LogP contribution in [0.1, 0.15) is 43.1 Å². The number of aliphatic hydroxyl groups is 1. The highest BCUT2D eigenvalue weighted by Crippen LogP contribution is 2.18. The molecule has 0 spiro atoms. The number of carbonyl (C=O) groups is 1. The van der Waals surface area contributed by atoms with Gasteiger partial charge in [-0.1, -0.05) is 26.0 Å². The zero-order chi connectivity index (χ0) is 14.6. The largest absolute Gasteiger partial charge is 0.388 e. The van der Waals surface area contributed by atoms with Crippen molar-refractivity contribution in [2.75, 3.05) is 6.54 Å². The van der Waals surface area contributed by atoms with Gasteiger partial charge in [0.1, 0.15) is 0 Å². The van der Waals surface area contributed by atoms with Crippen LogP contribution in [-0.4, -0.2) is 23.2 Å². The Morgan fingerprint density at radius 3 is 2.68 bits per heavy atom. The molecule has 1 aromatic rings. The van der Waals surface area contributed by atoms with E-state index in [1.807, 2.05) is 19.1 Å². The van der Waals surface area contributed by atoms with E-state index < -0.39 is 5.60 Å². The van der Waals surface area contributed by atoms with Gasteiger partial charge in [-0.15, -0.1) is 0 Å². The molecule has 1 amide bonds. The van der Waals surface area contributed by atoms with Crippen LogP contribution in [0.25, 0.3) is 0 Å². The number of amides is 1.